The van der Waals surface area contributed by atoms with E-state index in [9.17, 15) is 5.11 Å². The molecule has 1 fully saturated rings. The first-order valence-electron chi connectivity index (χ1n) is 5.05. The molecule has 0 aliphatic heterocycles. The summed E-state index contributed by atoms with van der Waals surface area (Å²) in [5, 5.41) is 9.82. The quantitative estimate of drug-likeness (QED) is 0.548. The van der Waals surface area contributed by atoms with E-state index in [1.165, 1.54) is 18.4 Å². The molecule has 0 aromatic carbocycles. The highest BCUT2D eigenvalue weighted by atomic mass is 16.3. The summed E-state index contributed by atoms with van der Waals surface area (Å²) in [6, 6.07) is 0. The SMILES string of the molecule is CC1=CC[C@@H](O)[C@H]2[C@@H]1CC[C@@H]2C. The van der Waals surface area contributed by atoms with Crippen LogP contribution in [-0.4, -0.2) is 11.2 Å². The lowest BCUT2D eigenvalue weighted by molar-refractivity contribution is 0.0674. The van der Waals surface area contributed by atoms with Gasteiger partial charge in [0.1, 0.15) is 0 Å². The van der Waals surface area contributed by atoms with Crippen LogP contribution in [0.1, 0.15) is 33.1 Å². The van der Waals surface area contributed by atoms with Crippen molar-refractivity contribution in [1.29, 1.82) is 0 Å². The molecule has 2 rings (SSSR count). The Bertz CT molecular complexity index is 207. The molecule has 0 heterocycles. The molecular weight excluding hydrogens is 148 g/mol. The number of aliphatic hydroxyl groups is 1. The van der Waals surface area contributed by atoms with E-state index >= 15 is 0 Å². The molecule has 0 aromatic heterocycles. The van der Waals surface area contributed by atoms with Crippen LogP contribution in [0.5, 0.6) is 0 Å². The van der Waals surface area contributed by atoms with Crippen LogP contribution < -0.4 is 0 Å². The van der Waals surface area contributed by atoms with Crippen LogP contribution in [0.15, 0.2) is 11.6 Å². The van der Waals surface area contributed by atoms with E-state index < -0.39 is 0 Å². The highest BCUT2D eigenvalue weighted by Gasteiger charge is 2.40. The predicted molar refractivity (Wildman–Crippen MR) is 49.8 cm³/mol. The van der Waals surface area contributed by atoms with Gasteiger partial charge in [0.05, 0.1) is 6.10 Å². The van der Waals surface area contributed by atoms with Crippen LogP contribution in [0.4, 0.5) is 0 Å². The molecule has 0 unspecified atom stereocenters. The largest absolute Gasteiger partial charge is 0.392 e. The Hall–Kier alpha value is -0.300. The highest BCUT2D eigenvalue weighted by molar-refractivity contribution is 5.14. The van der Waals surface area contributed by atoms with Crippen molar-refractivity contribution < 1.29 is 5.11 Å². The first kappa shape index (κ1) is 8.31. The second-order valence-corrected chi connectivity index (χ2v) is 4.49. The van der Waals surface area contributed by atoms with Crippen molar-refractivity contribution in [3.05, 3.63) is 11.6 Å². The normalized spacial score (nSPS) is 47.1. The van der Waals surface area contributed by atoms with E-state index in [-0.39, 0.29) is 6.10 Å². The van der Waals surface area contributed by atoms with Crippen molar-refractivity contribution in [2.45, 2.75) is 39.2 Å². The van der Waals surface area contributed by atoms with Gasteiger partial charge < -0.3 is 5.11 Å². The number of fused-ring (bicyclic) bond motifs is 1. The average Bonchev–Trinajstić information content (AvgIpc) is 2.42. The van der Waals surface area contributed by atoms with Crippen LogP contribution in [0.2, 0.25) is 0 Å². The molecule has 1 N–H and O–H groups in total. The Morgan fingerprint density at radius 1 is 1.42 bits per heavy atom. The molecule has 2 aliphatic rings. The molecule has 1 heteroatoms. The maximum Gasteiger partial charge on any atom is 0.0611 e. The van der Waals surface area contributed by atoms with Crippen LogP contribution in [-0.2, 0) is 0 Å². The zero-order valence-electron chi connectivity index (χ0n) is 7.96. The maximum atomic E-state index is 9.82. The Labute approximate surface area is 74.5 Å². The fourth-order valence-electron chi connectivity index (χ4n) is 3.02. The Balaban J connectivity index is 2.23. The lowest BCUT2D eigenvalue weighted by Crippen LogP contribution is -2.31. The third kappa shape index (κ3) is 1.11. The molecule has 0 amide bonds. The maximum absolute atomic E-state index is 9.82. The summed E-state index contributed by atoms with van der Waals surface area (Å²) < 4.78 is 0. The predicted octanol–water partition coefficient (Wildman–Crippen LogP) is 2.36. The van der Waals surface area contributed by atoms with Crippen molar-refractivity contribution in [3.63, 3.8) is 0 Å². The van der Waals surface area contributed by atoms with Crippen LogP contribution in [0.3, 0.4) is 0 Å². The van der Waals surface area contributed by atoms with Crippen molar-refractivity contribution >= 4 is 0 Å². The third-order valence-electron chi connectivity index (χ3n) is 3.77. The summed E-state index contributed by atoms with van der Waals surface area (Å²) in [6.07, 6.45) is 5.65. The fourth-order valence-corrected chi connectivity index (χ4v) is 3.02. The fraction of sp³-hybridized carbons (Fsp3) is 0.818. The van der Waals surface area contributed by atoms with E-state index in [1.54, 1.807) is 0 Å². The number of allylic oxidation sites excluding steroid dienone is 1. The summed E-state index contributed by atoms with van der Waals surface area (Å²) >= 11 is 0. The summed E-state index contributed by atoms with van der Waals surface area (Å²) in [6.45, 7) is 4.51. The molecule has 4 atom stereocenters. The Kier molecular flexibility index (Phi) is 1.99. The summed E-state index contributed by atoms with van der Waals surface area (Å²) in [4.78, 5) is 0. The number of hydrogen-bond acceptors (Lipinski definition) is 1. The Morgan fingerprint density at radius 3 is 2.83 bits per heavy atom. The molecule has 0 saturated heterocycles. The zero-order chi connectivity index (χ0) is 8.72. The number of rotatable bonds is 0. The standard InChI is InChI=1S/C11H18O/c1-7-4-6-10(12)11-8(2)3-5-9(7)11/h4,8-12H,3,5-6H2,1-2H3/t8-,9+,10+,11+/m0/s1. The first-order valence-corrected chi connectivity index (χ1v) is 5.05. The molecular formula is C11H18O. The van der Waals surface area contributed by atoms with E-state index in [0.717, 1.165) is 12.3 Å². The monoisotopic (exact) mass is 166 g/mol. The van der Waals surface area contributed by atoms with Crippen molar-refractivity contribution in [2.75, 3.05) is 0 Å². The molecule has 0 spiro atoms. The lowest BCUT2D eigenvalue weighted by atomic mass is 9.76. The lowest BCUT2D eigenvalue weighted by Gasteiger charge is -2.32. The third-order valence-corrected chi connectivity index (χ3v) is 3.77. The van der Waals surface area contributed by atoms with Gasteiger partial charge >= 0.3 is 0 Å². The first-order chi connectivity index (χ1) is 5.70. The molecule has 0 bridgehead atoms. The van der Waals surface area contributed by atoms with Gasteiger partial charge in [-0.2, -0.15) is 0 Å². The van der Waals surface area contributed by atoms with Gasteiger partial charge in [-0.1, -0.05) is 18.6 Å². The van der Waals surface area contributed by atoms with Gasteiger partial charge in [-0.15, -0.1) is 0 Å². The van der Waals surface area contributed by atoms with Gasteiger partial charge in [-0.25, -0.2) is 0 Å². The van der Waals surface area contributed by atoms with Gasteiger partial charge in [0, 0.05) is 0 Å². The van der Waals surface area contributed by atoms with Crippen LogP contribution in [0, 0.1) is 17.8 Å². The second kappa shape index (κ2) is 2.88. The van der Waals surface area contributed by atoms with Crippen molar-refractivity contribution in [3.8, 4) is 0 Å². The number of aliphatic hydroxyl groups excluding tert-OH is 1. The van der Waals surface area contributed by atoms with Gasteiger partial charge in [-0.05, 0) is 43.9 Å². The minimum Gasteiger partial charge on any atom is -0.392 e. The molecule has 1 saturated carbocycles. The molecule has 0 radical (unpaired) electrons. The second-order valence-electron chi connectivity index (χ2n) is 4.49. The van der Waals surface area contributed by atoms with E-state index in [0.29, 0.717) is 11.8 Å². The smallest absolute Gasteiger partial charge is 0.0611 e. The van der Waals surface area contributed by atoms with Gasteiger partial charge in [0.2, 0.25) is 0 Å². The molecule has 68 valence electrons. The van der Waals surface area contributed by atoms with Crippen LogP contribution >= 0.6 is 0 Å². The summed E-state index contributed by atoms with van der Waals surface area (Å²) in [5.41, 5.74) is 1.52. The minimum absolute atomic E-state index is 0.0591. The molecule has 12 heavy (non-hydrogen) atoms. The summed E-state index contributed by atoms with van der Waals surface area (Å²) in [5.74, 6) is 1.99. The van der Waals surface area contributed by atoms with E-state index in [4.69, 9.17) is 0 Å². The minimum atomic E-state index is -0.0591. The van der Waals surface area contributed by atoms with Crippen molar-refractivity contribution in [2.24, 2.45) is 17.8 Å². The molecule has 0 aromatic rings. The summed E-state index contributed by atoms with van der Waals surface area (Å²) in [7, 11) is 0. The van der Waals surface area contributed by atoms with E-state index in [2.05, 4.69) is 19.9 Å². The number of hydrogen-bond donors (Lipinski definition) is 1. The average molecular weight is 166 g/mol. The topological polar surface area (TPSA) is 20.2 Å². The highest BCUT2D eigenvalue weighted by Crippen LogP contribution is 2.45. The van der Waals surface area contributed by atoms with Crippen molar-refractivity contribution in [1.82, 2.24) is 0 Å². The Morgan fingerprint density at radius 2 is 2.17 bits per heavy atom. The van der Waals surface area contributed by atoms with Crippen LogP contribution in [0.25, 0.3) is 0 Å². The van der Waals surface area contributed by atoms with Gasteiger partial charge in [-0.3, -0.25) is 0 Å². The van der Waals surface area contributed by atoms with E-state index in [1.807, 2.05) is 0 Å². The van der Waals surface area contributed by atoms with Gasteiger partial charge in [0.25, 0.3) is 0 Å². The van der Waals surface area contributed by atoms with Gasteiger partial charge in [0.15, 0.2) is 0 Å². The zero-order valence-corrected chi connectivity index (χ0v) is 7.96. The molecule has 2 aliphatic carbocycles. The molecule has 1 nitrogen and oxygen atoms in total.